The predicted molar refractivity (Wildman–Crippen MR) is 105 cm³/mol. The molecule has 0 aromatic rings. The van der Waals surface area contributed by atoms with Gasteiger partial charge < -0.3 is 0 Å². The van der Waals surface area contributed by atoms with Crippen molar-refractivity contribution in [3.63, 3.8) is 0 Å². The molecule has 2 aliphatic carbocycles. The van der Waals surface area contributed by atoms with E-state index in [1.165, 1.54) is 25.7 Å². The normalized spacial score (nSPS) is 42.0. The van der Waals surface area contributed by atoms with Crippen LogP contribution in [0.15, 0.2) is 9.15 Å². The van der Waals surface area contributed by atoms with Crippen LogP contribution in [-0.2, 0) is 0 Å². The molecule has 1 unspecified atom stereocenters. The zero-order valence-electron chi connectivity index (χ0n) is 14.9. The van der Waals surface area contributed by atoms with Gasteiger partial charge in [0.25, 0.3) is 0 Å². The number of alkyl halides is 2. The molecule has 0 spiro atoms. The minimum atomic E-state index is -1.37. The van der Waals surface area contributed by atoms with E-state index in [0.29, 0.717) is 9.34 Å². The molecule has 0 radical (unpaired) electrons. The van der Waals surface area contributed by atoms with Crippen LogP contribution in [0, 0.1) is 16.7 Å². The number of nitrogens with two attached hydrogens (primary N) is 1. The molecule has 1 aliphatic heterocycles. The molecular weight excluding hydrogens is 401 g/mol. The van der Waals surface area contributed by atoms with Gasteiger partial charge >= 0.3 is 149 Å². The number of aliphatic hydroxyl groups excluding tert-OH is 2. The monoisotopic (exact) mass is 435 g/mol. The van der Waals surface area contributed by atoms with E-state index in [1.807, 2.05) is 3.58 Å². The summed E-state index contributed by atoms with van der Waals surface area (Å²) in [7, 11) is 0. The van der Waals surface area contributed by atoms with E-state index in [9.17, 15) is 10.2 Å². The first kappa shape index (κ1) is 18.2. The van der Waals surface area contributed by atoms with Crippen LogP contribution in [-0.4, -0.2) is 31.4 Å². The maximum absolute atomic E-state index is 10.1. The van der Waals surface area contributed by atoms with Gasteiger partial charge in [-0.2, -0.15) is 0 Å². The molecule has 0 aromatic heterocycles. The van der Waals surface area contributed by atoms with Gasteiger partial charge in [-0.15, -0.1) is 0 Å². The van der Waals surface area contributed by atoms with Crippen LogP contribution in [0.25, 0.3) is 0 Å². The summed E-state index contributed by atoms with van der Waals surface area (Å²) in [5, 5.41) is 20.0. The molecule has 0 amide bonds. The van der Waals surface area contributed by atoms with Crippen LogP contribution in [0.1, 0.15) is 65.7 Å². The molecule has 134 valence electrons. The molecule has 3 rings (SSSR count). The second kappa shape index (κ2) is 6.58. The Morgan fingerprint density at radius 3 is 2.57 bits per heavy atom. The van der Waals surface area contributed by atoms with Crippen LogP contribution < -0.4 is 5.73 Å². The van der Waals surface area contributed by atoms with Crippen LogP contribution in [0.5, 0.6) is 0 Å². The first-order valence-electron chi connectivity index (χ1n) is 9.19. The van der Waals surface area contributed by atoms with Crippen molar-refractivity contribution in [1.82, 2.24) is 0 Å². The zero-order chi connectivity index (χ0) is 16.8. The number of aliphatic hydroxyl groups is 2. The topological polar surface area (TPSA) is 66.5 Å². The van der Waals surface area contributed by atoms with Crippen molar-refractivity contribution >= 4 is 19.8 Å². The Balaban J connectivity index is 1.91. The maximum atomic E-state index is 10.1. The summed E-state index contributed by atoms with van der Waals surface area (Å²) in [6, 6.07) is 0. The predicted octanol–water partition coefficient (Wildman–Crippen LogP) is 3.81. The summed E-state index contributed by atoms with van der Waals surface area (Å²) in [5.74, 6) is 0.249. The van der Waals surface area contributed by atoms with Crippen molar-refractivity contribution < 1.29 is 10.2 Å². The van der Waals surface area contributed by atoms with Gasteiger partial charge in [0.2, 0.25) is 0 Å². The Labute approximate surface area is 148 Å². The third-order valence-electron chi connectivity index (χ3n) is 6.98. The average molecular weight is 435 g/mol. The molecule has 3 nitrogen and oxygen atoms in total. The number of allylic oxidation sites excluding steroid dienone is 2. The quantitative estimate of drug-likeness (QED) is 0.359. The SMILES string of the molecule is CC1(C)CCC2=C1CCC([C@@]1(C)CC[C@H](O)C[C@@H]1CO)I2CN. The second-order valence-corrected chi connectivity index (χ2v) is 14.6. The van der Waals surface area contributed by atoms with Gasteiger partial charge in [-0.25, -0.2) is 0 Å². The molecule has 0 saturated heterocycles. The third kappa shape index (κ3) is 3.02. The Morgan fingerprint density at radius 2 is 1.91 bits per heavy atom. The van der Waals surface area contributed by atoms with Gasteiger partial charge in [0.15, 0.2) is 0 Å². The zero-order valence-corrected chi connectivity index (χ0v) is 17.1. The fourth-order valence-corrected chi connectivity index (χ4v) is 13.8. The Kier molecular flexibility index (Phi) is 5.19. The summed E-state index contributed by atoms with van der Waals surface area (Å²) in [4.78, 5) is 0. The molecule has 1 saturated carbocycles. The Hall–Kier alpha value is 0.350. The van der Waals surface area contributed by atoms with Gasteiger partial charge in [-0.3, -0.25) is 0 Å². The van der Waals surface area contributed by atoms with Crippen molar-refractivity contribution in [2.75, 3.05) is 11.2 Å². The standard InChI is InChI=1S/C19H34INO2/c1-18(2)8-7-16-15(18)4-5-17(20(16)12-21)19(3)9-6-14(23)10-13(19)11-22/h13-14,17,22-23H,4-12,21H2,1-3H3/t13-,14+,17?,19+/m1/s1. The Bertz CT molecular complexity index is 490. The van der Waals surface area contributed by atoms with Crippen molar-refractivity contribution in [2.45, 2.75) is 75.7 Å². The Morgan fingerprint density at radius 1 is 1.17 bits per heavy atom. The van der Waals surface area contributed by atoms with E-state index in [2.05, 4.69) is 20.8 Å². The van der Waals surface area contributed by atoms with E-state index in [-0.39, 0.29) is 24.0 Å². The number of rotatable bonds is 3. The summed E-state index contributed by atoms with van der Waals surface area (Å²) in [6.45, 7) is 7.44. The molecule has 0 bridgehead atoms. The van der Waals surface area contributed by atoms with Crippen LogP contribution in [0.2, 0.25) is 0 Å². The third-order valence-corrected chi connectivity index (χ3v) is 14.7. The van der Waals surface area contributed by atoms with Crippen LogP contribution in [0.3, 0.4) is 0 Å². The first-order chi connectivity index (χ1) is 10.8. The van der Waals surface area contributed by atoms with Crippen molar-refractivity contribution in [2.24, 2.45) is 22.5 Å². The van der Waals surface area contributed by atoms with Gasteiger partial charge in [0, 0.05) is 0 Å². The molecule has 0 aromatic carbocycles. The van der Waals surface area contributed by atoms with E-state index in [0.717, 1.165) is 23.8 Å². The molecule has 1 heterocycles. The van der Waals surface area contributed by atoms with Crippen molar-refractivity contribution in [1.29, 1.82) is 0 Å². The van der Waals surface area contributed by atoms with Gasteiger partial charge in [0.05, 0.1) is 0 Å². The van der Waals surface area contributed by atoms with Gasteiger partial charge in [-0.05, 0) is 0 Å². The van der Waals surface area contributed by atoms with E-state index >= 15 is 0 Å². The van der Waals surface area contributed by atoms with E-state index in [1.54, 1.807) is 5.57 Å². The molecule has 4 N–H and O–H groups in total. The average Bonchev–Trinajstić information content (AvgIpc) is 2.84. The molecule has 4 heteroatoms. The van der Waals surface area contributed by atoms with Crippen molar-refractivity contribution in [3.05, 3.63) is 9.15 Å². The van der Waals surface area contributed by atoms with Gasteiger partial charge in [-0.1, -0.05) is 0 Å². The summed E-state index contributed by atoms with van der Waals surface area (Å²) >= 11 is -1.37. The number of halogens is 1. The molecule has 4 atom stereocenters. The first-order valence-corrected chi connectivity index (χ1v) is 13.0. The molecule has 1 fully saturated rings. The van der Waals surface area contributed by atoms with Gasteiger partial charge in [0.1, 0.15) is 0 Å². The summed E-state index contributed by atoms with van der Waals surface area (Å²) in [5.41, 5.74) is 8.67. The number of hydrogen-bond acceptors (Lipinski definition) is 3. The van der Waals surface area contributed by atoms with Crippen LogP contribution in [0.4, 0.5) is 0 Å². The minimum absolute atomic E-state index is 0.184. The van der Waals surface area contributed by atoms with Crippen LogP contribution >= 0.6 is 19.8 Å². The van der Waals surface area contributed by atoms with E-state index < -0.39 is 19.8 Å². The molecule has 3 aliphatic rings. The van der Waals surface area contributed by atoms with Crippen molar-refractivity contribution in [3.8, 4) is 0 Å². The molecular formula is C19H34INO2. The fraction of sp³-hybridized carbons (Fsp3) is 0.895. The van der Waals surface area contributed by atoms with E-state index in [4.69, 9.17) is 5.73 Å². The second-order valence-electron chi connectivity index (χ2n) is 8.64. The fourth-order valence-electron chi connectivity index (χ4n) is 5.32. The molecule has 23 heavy (non-hydrogen) atoms. The number of hydrogen-bond donors (Lipinski definition) is 3. The summed E-state index contributed by atoms with van der Waals surface area (Å²) < 4.78 is 3.41. The summed E-state index contributed by atoms with van der Waals surface area (Å²) in [6.07, 6.45) is 7.62.